The standard InChI is InChI=1S/C27H26O6/c1-18(28)17-33-27(29)23(14-19-15-24(30-2)26(32-4)25(16-19)31-3)22-12-10-21(11-13-22)20-8-6-5-7-9-20/h5-16H,17H2,1-4H3/b23-14+. The number of Topliss-reactive ketones (excluding diaryl/α,β-unsaturated/α-hetero) is 1. The normalized spacial score (nSPS) is 11.0. The summed E-state index contributed by atoms with van der Waals surface area (Å²) in [6.45, 7) is 1.07. The fraction of sp³-hybridized carbons (Fsp3) is 0.185. The van der Waals surface area contributed by atoms with Gasteiger partial charge in [0.25, 0.3) is 0 Å². The van der Waals surface area contributed by atoms with E-state index in [1.165, 1.54) is 28.3 Å². The Labute approximate surface area is 193 Å². The molecule has 6 heteroatoms. The Bertz CT molecular complexity index is 1120. The van der Waals surface area contributed by atoms with Crippen LogP contribution in [0.5, 0.6) is 17.2 Å². The molecule has 0 aliphatic carbocycles. The van der Waals surface area contributed by atoms with E-state index in [4.69, 9.17) is 18.9 Å². The lowest BCUT2D eigenvalue weighted by atomic mass is 9.98. The summed E-state index contributed by atoms with van der Waals surface area (Å²) in [7, 11) is 4.57. The predicted molar refractivity (Wildman–Crippen MR) is 127 cm³/mol. The molecule has 0 unspecified atom stereocenters. The molecule has 0 bridgehead atoms. The van der Waals surface area contributed by atoms with E-state index >= 15 is 0 Å². The van der Waals surface area contributed by atoms with E-state index in [1.807, 2.05) is 54.6 Å². The minimum absolute atomic E-state index is 0.241. The van der Waals surface area contributed by atoms with Gasteiger partial charge in [-0.05, 0) is 47.4 Å². The molecule has 0 aliphatic heterocycles. The van der Waals surface area contributed by atoms with Gasteiger partial charge in [-0.15, -0.1) is 0 Å². The zero-order valence-electron chi connectivity index (χ0n) is 19.1. The Balaban J connectivity index is 2.06. The quantitative estimate of drug-likeness (QED) is 0.260. The number of rotatable bonds is 9. The minimum Gasteiger partial charge on any atom is -0.493 e. The van der Waals surface area contributed by atoms with Crippen molar-refractivity contribution in [3.05, 3.63) is 77.9 Å². The van der Waals surface area contributed by atoms with Crippen LogP contribution in [0.1, 0.15) is 18.1 Å². The topological polar surface area (TPSA) is 71.1 Å². The van der Waals surface area contributed by atoms with Gasteiger partial charge < -0.3 is 18.9 Å². The summed E-state index contributed by atoms with van der Waals surface area (Å²) in [6, 6.07) is 21.0. The Kier molecular flexibility index (Phi) is 7.86. The van der Waals surface area contributed by atoms with E-state index in [2.05, 4.69) is 0 Å². The van der Waals surface area contributed by atoms with Crippen LogP contribution in [-0.4, -0.2) is 39.7 Å². The van der Waals surface area contributed by atoms with Crippen LogP contribution in [0.3, 0.4) is 0 Å². The molecule has 0 atom stereocenters. The number of benzene rings is 3. The van der Waals surface area contributed by atoms with Gasteiger partial charge >= 0.3 is 5.97 Å². The summed E-state index contributed by atoms with van der Waals surface area (Å²) in [5.41, 5.74) is 3.68. The maximum atomic E-state index is 12.9. The van der Waals surface area contributed by atoms with Crippen molar-refractivity contribution in [3.63, 3.8) is 0 Å². The second-order valence-corrected chi connectivity index (χ2v) is 7.24. The second kappa shape index (κ2) is 11.0. The lowest BCUT2D eigenvalue weighted by Gasteiger charge is -2.14. The van der Waals surface area contributed by atoms with Crippen LogP contribution in [0.25, 0.3) is 22.8 Å². The predicted octanol–water partition coefficient (Wildman–Crippen LogP) is 5.05. The van der Waals surface area contributed by atoms with Gasteiger partial charge in [-0.1, -0.05) is 54.6 Å². The zero-order valence-corrected chi connectivity index (χ0v) is 19.1. The fourth-order valence-corrected chi connectivity index (χ4v) is 3.33. The number of ether oxygens (including phenoxy) is 4. The molecule has 0 fully saturated rings. The van der Waals surface area contributed by atoms with Gasteiger partial charge in [-0.25, -0.2) is 4.79 Å². The molecular weight excluding hydrogens is 420 g/mol. The molecule has 0 radical (unpaired) electrons. The van der Waals surface area contributed by atoms with Crippen molar-refractivity contribution in [2.45, 2.75) is 6.92 Å². The van der Waals surface area contributed by atoms with Crippen molar-refractivity contribution in [1.29, 1.82) is 0 Å². The highest BCUT2D eigenvalue weighted by atomic mass is 16.5. The molecule has 0 aliphatic rings. The molecule has 170 valence electrons. The molecule has 3 aromatic rings. The number of hydrogen-bond acceptors (Lipinski definition) is 6. The molecule has 0 heterocycles. The van der Waals surface area contributed by atoms with Crippen LogP contribution in [0, 0.1) is 0 Å². The van der Waals surface area contributed by atoms with Gasteiger partial charge in [0.1, 0.15) is 6.61 Å². The van der Waals surface area contributed by atoms with Crippen LogP contribution in [0.2, 0.25) is 0 Å². The third-order valence-electron chi connectivity index (χ3n) is 4.93. The first-order valence-corrected chi connectivity index (χ1v) is 10.3. The summed E-state index contributed by atoms with van der Waals surface area (Å²) in [5.74, 6) is 0.518. The van der Waals surface area contributed by atoms with Crippen LogP contribution in [-0.2, 0) is 14.3 Å². The summed E-state index contributed by atoms with van der Waals surface area (Å²) in [4.78, 5) is 24.3. The van der Waals surface area contributed by atoms with Crippen LogP contribution in [0.15, 0.2) is 66.7 Å². The molecule has 0 N–H and O–H groups in total. The van der Waals surface area contributed by atoms with Gasteiger partial charge in [0.05, 0.1) is 26.9 Å². The Hall–Kier alpha value is -4.06. The summed E-state index contributed by atoms with van der Waals surface area (Å²) in [6.07, 6.45) is 1.67. The van der Waals surface area contributed by atoms with Crippen LogP contribution >= 0.6 is 0 Å². The Morgan fingerprint density at radius 3 is 1.88 bits per heavy atom. The van der Waals surface area contributed by atoms with E-state index in [-0.39, 0.29) is 12.4 Å². The maximum absolute atomic E-state index is 12.9. The van der Waals surface area contributed by atoms with E-state index < -0.39 is 5.97 Å². The van der Waals surface area contributed by atoms with Gasteiger partial charge in [0, 0.05) is 0 Å². The number of hydrogen-bond donors (Lipinski definition) is 0. The number of carbonyl (C=O) groups excluding carboxylic acids is 2. The van der Waals surface area contributed by atoms with Crippen LogP contribution in [0.4, 0.5) is 0 Å². The zero-order chi connectivity index (χ0) is 23.8. The lowest BCUT2D eigenvalue weighted by molar-refractivity contribution is -0.141. The summed E-state index contributed by atoms with van der Waals surface area (Å²) >= 11 is 0. The number of methoxy groups -OCH3 is 3. The SMILES string of the molecule is COc1cc(/C=C(/C(=O)OCC(C)=O)c2ccc(-c3ccccc3)cc2)cc(OC)c1OC. The largest absolute Gasteiger partial charge is 0.493 e. The molecule has 6 nitrogen and oxygen atoms in total. The van der Waals surface area contributed by atoms with Gasteiger partial charge in [0.2, 0.25) is 5.75 Å². The Morgan fingerprint density at radius 1 is 0.788 bits per heavy atom. The average Bonchev–Trinajstić information content (AvgIpc) is 2.85. The average molecular weight is 446 g/mol. The van der Waals surface area contributed by atoms with Crippen molar-refractivity contribution in [2.24, 2.45) is 0 Å². The third-order valence-corrected chi connectivity index (χ3v) is 4.93. The smallest absolute Gasteiger partial charge is 0.339 e. The molecule has 0 spiro atoms. The number of esters is 1. The first kappa shape index (κ1) is 23.6. The Morgan fingerprint density at radius 2 is 1.36 bits per heavy atom. The highest BCUT2D eigenvalue weighted by molar-refractivity contribution is 6.22. The van der Waals surface area contributed by atoms with Gasteiger partial charge in [-0.2, -0.15) is 0 Å². The molecular formula is C27H26O6. The molecule has 0 amide bonds. The number of ketones is 1. The van der Waals surface area contributed by atoms with Gasteiger partial charge in [-0.3, -0.25) is 4.79 Å². The minimum atomic E-state index is -0.605. The highest BCUT2D eigenvalue weighted by Crippen LogP contribution is 2.39. The molecule has 0 saturated heterocycles. The number of carbonyl (C=O) groups is 2. The molecule has 3 aromatic carbocycles. The molecule has 0 aromatic heterocycles. The van der Waals surface area contributed by atoms with Crippen molar-refractivity contribution < 1.29 is 28.5 Å². The molecule has 33 heavy (non-hydrogen) atoms. The summed E-state index contributed by atoms with van der Waals surface area (Å²) in [5, 5.41) is 0. The van der Waals surface area contributed by atoms with Crippen molar-refractivity contribution >= 4 is 23.4 Å². The lowest BCUT2D eigenvalue weighted by Crippen LogP contribution is -2.12. The van der Waals surface area contributed by atoms with E-state index in [1.54, 1.807) is 18.2 Å². The molecule has 0 saturated carbocycles. The maximum Gasteiger partial charge on any atom is 0.339 e. The van der Waals surface area contributed by atoms with E-state index in [0.29, 0.717) is 33.9 Å². The van der Waals surface area contributed by atoms with Crippen molar-refractivity contribution in [2.75, 3.05) is 27.9 Å². The monoisotopic (exact) mass is 446 g/mol. The first-order valence-electron chi connectivity index (χ1n) is 10.3. The molecule has 3 rings (SSSR count). The first-order chi connectivity index (χ1) is 16.0. The summed E-state index contributed by atoms with van der Waals surface area (Å²) < 4.78 is 21.4. The van der Waals surface area contributed by atoms with E-state index in [0.717, 1.165) is 11.1 Å². The van der Waals surface area contributed by atoms with Gasteiger partial charge in [0.15, 0.2) is 17.3 Å². The second-order valence-electron chi connectivity index (χ2n) is 7.24. The van der Waals surface area contributed by atoms with Crippen molar-refractivity contribution in [1.82, 2.24) is 0 Å². The van der Waals surface area contributed by atoms with Crippen molar-refractivity contribution in [3.8, 4) is 28.4 Å². The highest BCUT2D eigenvalue weighted by Gasteiger charge is 2.18. The van der Waals surface area contributed by atoms with Crippen LogP contribution < -0.4 is 14.2 Å². The van der Waals surface area contributed by atoms with E-state index in [9.17, 15) is 9.59 Å². The fourth-order valence-electron chi connectivity index (χ4n) is 3.33. The third kappa shape index (κ3) is 5.80.